The van der Waals surface area contributed by atoms with Gasteiger partial charge in [0.2, 0.25) is 0 Å². The van der Waals surface area contributed by atoms with Crippen LogP contribution in [0.15, 0.2) is 36.7 Å². The van der Waals surface area contributed by atoms with Crippen LogP contribution in [0.2, 0.25) is 0 Å². The van der Waals surface area contributed by atoms with Crippen LogP contribution in [0.3, 0.4) is 0 Å². The van der Waals surface area contributed by atoms with E-state index in [0.717, 1.165) is 0 Å². The first-order valence-corrected chi connectivity index (χ1v) is 8.92. The molecule has 3 N–H and O–H groups in total. The number of hydrogen-bond donors (Lipinski definition) is 2. The van der Waals surface area contributed by atoms with E-state index in [2.05, 4.69) is 15.3 Å². The Bertz CT molecular complexity index is 799. The third-order valence-electron chi connectivity index (χ3n) is 3.14. The molecule has 0 aliphatic carbocycles. The fourth-order valence-electron chi connectivity index (χ4n) is 1.97. The number of ether oxygens (including phenoxy) is 1. The molecule has 0 spiro atoms. The third kappa shape index (κ3) is 11.0. The molecule has 0 saturated heterocycles. The zero-order valence-corrected chi connectivity index (χ0v) is 17.2. The van der Waals surface area contributed by atoms with Gasteiger partial charge in [-0.05, 0) is 58.4 Å². The lowest BCUT2D eigenvalue weighted by molar-refractivity contribution is -0.153. The summed E-state index contributed by atoms with van der Waals surface area (Å²) in [6, 6.07) is 7.27. The van der Waals surface area contributed by atoms with Gasteiger partial charge in [0.1, 0.15) is 17.8 Å². The molecular weight excluding hydrogens is 385 g/mol. The molecule has 0 bridgehead atoms. The number of nitrogens with two attached hydrogens (primary N) is 1. The molecule has 0 saturated carbocycles. The third-order valence-corrected chi connectivity index (χ3v) is 3.14. The summed E-state index contributed by atoms with van der Waals surface area (Å²) in [6.45, 7) is 7.99. The molecular formula is C20H27F3N4O2. The van der Waals surface area contributed by atoms with Crippen molar-refractivity contribution < 1.29 is 22.7 Å². The number of carbonyl (C=O) groups is 1. The molecule has 9 heteroatoms. The highest BCUT2D eigenvalue weighted by Gasteiger charge is 2.28. The van der Waals surface area contributed by atoms with Crippen molar-refractivity contribution in [2.24, 2.45) is 5.73 Å². The van der Waals surface area contributed by atoms with Crippen molar-refractivity contribution >= 4 is 5.91 Å². The van der Waals surface area contributed by atoms with E-state index in [0.29, 0.717) is 11.3 Å². The summed E-state index contributed by atoms with van der Waals surface area (Å²) in [5, 5.41) is 2.73. The number of benzene rings is 1. The molecule has 1 unspecified atom stereocenters. The highest BCUT2D eigenvalue weighted by Crippen LogP contribution is 2.22. The topological polar surface area (TPSA) is 90.1 Å². The maximum absolute atomic E-state index is 12.2. The van der Waals surface area contributed by atoms with E-state index < -0.39 is 24.7 Å². The maximum Gasteiger partial charge on any atom is 0.422 e. The summed E-state index contributed by atoms with van der Waals surface area (Å²) in [5.74, 6) is -0.307. The van der Waals surface area contributed by atoms with E-state index in [9.17, 15) is 18.0 Å². The van der Waals surface area contributed by atoms with Crippen molar-refractivity contribution in [1.29, 1.82) is 0 Å². The van der Waals surface area contributed by atoms with Crippen molar-refractivity contribution in [2.45, 2.75) is 52.4 Å². The summed E-state index contributed by atoms with van der Waals surface area (Å²) in [5.41, 5.74) is 6.85. The fraction of sp³-hybridized carbons (Fsp3) is 0.450. The van der Waals surface area contributed by atoms with Gasteiger partial charge in [0.15, 0.2) is 6.61 Å². The second-order valence-electron chi connectivity index (χ2n) is 7.58. The zero-order valence-electron chi connectivity index (χ0n) is 17.2. The van der Waals surface area contributed by atoms with Gasteiger partial charge in [-0.1, -0.05) is 12.1 Å². The molecule has 160 valence electrons. The Labute approximate surface area is 168 Å². The number of rotatable bonds is 5. The van der Waals surface area contributed by atoms with Crippen LogP contribution in [-0.2, 0) is 0 Å². The summed E-state index contributed by atoms with van der Waals surface area (Å²) >= 11 is 0. The van der Waals surface area contributed by atoms with Crippen LogP contribution in [-0.4, -0.2) is 34.2 Å². The highest BCUT2D eigenvalue weighted by atomic mass is 19.4. The molecule has 6 nitrogen and oxygen atoms in total. The smallest absolute Gasteiger partial charge is 0.422 e. The monoisotopic (exact) mass is 412 g/mol. The normalized spacial score (nSPS) is 12.4. The average molecular weight is 412 g/mol. The molecule has 1 aromatic carbocycles. The molecule has 29 heavy (non-hydrogen) atoms. The minimum atomic E-state index is -4.40. The van der Waals surface area contributed by atoms with Crippen LogP contribution in [0.5, 0.6) is 5.75 Å². The van der Waals surface area contributed by atoms with Gasteiger partial charge >= 0.3 is 6.18 Å². The van der Waals surface area contributed by atoms with Gasteiger partial charge in [-0.2, -0.15) is 13.2 Å². The predicted octanol–water partition coefficient (Wildman–Crippen LogP) is 3.96. The van der Waals surface area contributed by atoms with Crippen molar-refractivity contribution in [3.05, 3.63) is 53.6 Å². The van der Waals surface area contributed by atoms with Crippen molar-refractivity contribution in [2.75, 3.05) is 6.61 Å². The summed E-state index contributed by atoms with van der Waals surface area (Å²) in [7, 11) is 0. The van der Waals surface area contributed by atoms with E-state index in [1.54, 1.807) is 32.0 Å². The lowest BCUT2D eigenvalue weighted by Gasteiger charge is -2.16. The van der Waals surface area contributed by atoms with Crippen molar-refractivity contribution in [1.82, 2.24) is 15.3 Å². The first kappa shape index (κ1) is 24.4. The number of aryl methyl sites for hydroxylation is 1. The number of alkyl halides is 3. The van der Waals surface area contributed by atoms with Crippen LogP contribution >= 0.6 is 0 Å². The molecule has 1 amide bonds. The Morgan fingerprint density at radius 1 is 1.21 bits per heavy atom. The molecule has 1 atom stereocenters. The van der Waals surface area contributed by atoms with Crippen LogP contribution < -0.4 is 15.8 Å². The van der Waals surface area contributed by atoms with Gasteiger partial charge in [0.25, 0.3) is 5.91 Å². The van der Waals surface area contributed by atoms with E-state index in [1.165, 1.54) is 18.5 Å². The molecule has 2 rings (SSSR count). The number of nitrogens with zero attached hydrogens (tertiary/aromatic N) is 2. The molecule has 0 fully saturated rings. The maximum atomic E-state index is 12.2. The minimum Gasteiger partial charge on any atom is -0.484 e. The van der Waals surface area contributed by atoms with Crippen LogP contribution in [0.1, 0.15) is 55.5 Å². The molecule has 1 heterocycles. The first-order valence-electron chi connectivity index (χ1n) is 8.92. The lowest BCUT2D eigenvalue weighted by Crippen LogP contribution is -2.27. The fourth-order valence-corrected chi connectivity index (χ4v) is 1.97. The average Bonchev–Trinajstić information content (AvgIpc) is 2.58. The van der Waals surface area contributed by atoms with E-state index in [1.807, 2.05) is 20.8 Å². The number of amides is 1. The Kier molecular flexibility index (Phi) is 8.57. The van der Waals surface area contributed by atoms with E-state index in [4.69, 9.17) is 10.5 Å². The number of carbonyl (C=O) groups excluding carboxylic acids is 1. The Morgan fingerprint density at radius 3 is 2.38 bits per heavy atom. The van der Waals surface area contributed by atoms with Gasteiger partial charge in [-0.15, -0.1) is 0 Å². The van der Waals surface area contributed by atoms with Crippen LogP contribution in [0.4, 0.5) is 13.2 Å². The number of hydrogen-bond acceptors (Lipinski definition) is 5. The zero-order chi connectivity index (χ0) is 22.2. The Morgan fingerprint density at radius 2 is 1.83 bits per heavy atom. The van der Waals surface area contributed by atoms with Crippen LogP contribution in [0.25, 0.3) is 0 Å². The highest BCUT2D eigenvalue weighted by molar-refractivity contribution is 5.92. The minimum absolute atomic E-state index is 0. The predicted molar refractivity (Wildman–Crippen MR) is 105 cm³/mol. The van der Waals surface area contributed by atoms with Gasteiger partial charge in [0.05, 0.1) is 6.04 Å². The number of nitrogens with one attached hydrogen (secondary N) is 1. The SMILES string of the molecule is CC(C)(C)N.Cc1cc(C(=O)NC(C)c2cccc(OCC(F)(F)F)c2)ncn1. The van der Waals surface area contributed by atoms with Gasteiger partial charge in [0, 0.05) is 11.2 Å². The second kappa shape index (κ2) is 10.2. The molecule has 2 aromatic rings. The largest absolute Gasteiger partial charge is 0.484 e. The van der Waals surface area contributed by atoms with Gasteiger partial charge < -0.3 is 15.8 Å². The lowest BCUT2D eigenvalue weighted by atomic mass is 10.1. The van der Waals surface area contributed by atoms with E-state index in [-0.39, 0.29) is 17.0 Å². The molecule has 1 aromatic heterocycles. The molecule has 0 aliphatic rings. The molecule has 0 radical (unpaired) electrons. The number of aromatic nitrogens is 2. The van der Waals surface area contributed by atoms with Crippen molar-refractivity contribution in [3.63, 3.8) is 0 Å². The first-order chi connectivity index (χ1) is 13.2. The summed E-state index contributed by atoms with van der Waals surface area (Å²) in [4.78, 5) is 19.9. The van der Waals surface area contributed by atoms with Gasteiger partial charge in [-0.3, -0.25) is 4.79 Å². The second-order valence-corrected chi connectivity index (χ2v) is 7.58. The van der Waals surface area contributed by atoms with Gasteiger partial charge in [-0.25, -0.2) is 9.97 Å². The summed E-state index contributed by atoms with van der Waals surface area (Å²) < 4.78 is 41.3. The standard InChI is InChI=1S/C16H16F3N3O2.C4H11N/c1-10-6-14(21-9-20-10)15(23)22-11(2)12-4-3-5-13(7-12)24-8-16(17,18)19;1-4(2,3)5/h3-7,9,11H,8H2,1-2H3,(H,22,23);5H2,1-3H3. The summed E-state index contributed by atoms with van der Waals surface area (Å²) in [6.07, 6.45) is -3.11. The quantitative estimate of drug-likeness (QED) is 0.776. The number of halogens is 3. The van der Waals surface area contributed by atoms with Crippen molar-refractivity contribution in [3.8, 4) is 5.75 Å². The Hall–Kier alpha value is -2.68. The Balaban J connectivity index is 0.000000749. The molecule has 0 aliphatic heterocycles. The van der Waals surface area contributed by atoms with Crippen LogP contribution in [0, 0.1) is 6.92 Å². The van der Waals surface area contributed by atoms with E-state index >= 15 is 0 Å².